The molecule has 0 aromatic carbocycles. The first-order chi connectivity index (χ1) is 9.32. The van der Waals surface area contributed by atoms with E-state index in [4.69, 9.17) is 0 Å². The van der Waals surface area contributed by atoms with Gasteiger partial charge in [-0.1, -0.05) is 41.5 Å². The summed E-state index contributed by atoms with van der Waals surface area (Å²) in [5, 5.41) is 3.71. The molecule has 1 rings (SSSR count). The molecular formula is C18H38N2. The molecule has 1 N–H and O–H groups in total. The SMILES string of the molecule is CCC(CC)(CNCC(C)C)CN1CCCC(C)(C)C1. The van der Waals surface area contributed by atoms with Gasteiger partial charge in [0.05, 0.1) is 0 Å². The fraction of sp³-hybridized carbons (Fsp3) is 1.00. The summed E-state index contributed by atoms with van der Waals surface area (Å²) in [5.41, 5.74) is 0.971. The maximum atomic E-state index is 3.71. The number of nitrogens with one attached hydrogen (secondary N) is 1. The van der Waals surface area contributed by atoms with Crippen molar-refractivity contribution in [2.24, 2.45) is 16.7 Å². The monoisotopic (exact) mass is 282 g/mol. The molecule has 2 nitrogen and oxygen atoms in total. The molecule has 2 heteroatoms. The van der Waals surface area contributed by atoms with Crippen LogP contribution in [0.4, 0.5) is 0 Å². The van der Waals surface area contributed by atoms with Crippen LogP contribution >= 0.6 is 0 Å². The van der Waals surface area contributed by atoms with Crippen LogP contribution in [0.2, 0.25) is 0 Å². The average Bonchev–Trinajstić information content (AvgIpc) is 2.36. The van der Waals surface area contributed by atoms with Crippen LogP contribution in [0.3, 0.4) is 0 Å². The second kappa shape index (κ2) is 7.79. The zero-order valence-corrected chi connectivity index (χ0v) is 14.9. The molecule has 0 spiro atoms. The van der Waals surface area contributed by atoms with E-state index >= 15 is 0 Å². The van der Waals surface area contributed by atoms with Crippen LogP contribution in [0.15, 0.2) is 0 Å². The smallest absolute Gasteiger partial charge is 0.00502 e. The number of rotatable bonds is 8. The van der Waals surface area contributed by atoms with E-state index in [9.17, 15) is 0 Å². The van der Waals surface area contributed by atoms with Crippen molar-refractivity contribution in [1.82, 2.24) is 10.2 Å². The first-order valence-corrected chi connectivity index (χ1v) is 8.75. The second-order valence-corrected chi connectivity index (χ2v) is 8.21. The highest BCUT2D eigenvalue weighted by molar-refractivity contribution is 4.87. The Bertz CT molecular complexity index is 267. The van der Waals surface area contributed by atoms with Gasteiger partial charge in [0.1, 0.15) is 0 Å². The van der Waals surface area contributed by atoms with Crippen LogP contribution < -0.4 is 5.32 Å². The molecule has 1 aliphatic rings. The van der Waals surface area contributed by atoms with Gasteiger partial charge in [0.2, 0.25) is 0 Å². The van der Waals surface area contributed by atoms with E-state index in [1.807, 2.05) is 0 Å². The van der Waals surface area contributed by atoms with Gasteiger partial charge in [-0.15, -0.1) is 0 Å². The third-order valence-corrected chi connectivity index (χ3v) is 5.09. The molecule has 0 bridgehead atoms. The summed E-state index contributed by atoms with van der Waals surface area (Å²) in [6.07, 6.45) is 5.33. The van der Waals surface area contributed by atoms with Crippen LogP contribution in [0.5, 0.6) is 0 Å². The topological polar surface area (TPSA) is 15.3 Å². The highest BCUT2D eigenvalue weighted by atomic mass is 15.1. The third-order valence-electron chi connectivity index (χ3n) is 5.09. The highest BCUT2D eigenvalue weighted by Gasteiger charge is 2.33. The molecular weight excluding hydrogens is 244 g/mol. The molecule has 0 aliphatic carbocycles. The number of piperidine rings is 1. The highest BCUT2D eigenvalue weighted by Crippen LogP contribution is 2.33. The van der Waals surface area contributed by atoms with E-state index in [0.717, 1.165) is 12.5 Å². The molecule has 0 aromatic rings. The second-order valence-electron chi connectivity index (χ2n) is 8.21. The zero-order chi connectivity index (χ0) is 15.2. The Morgan fingerprint density at radius 1 is 1.20 bits per heavy atom. The van der Waals surface area contributed by atoms with Crippen molar-refractivity contribution in [3.63, 3.8) is 0 Å². The number of hydrogen-bond donors (Lipinski definition) is 1. The largest absolute Gasteiger partial charge is 0.316 e. The minimum atomic E-state index is 0.461. The van der Waals surface area contributed by atoms with Gasteiger partial charge < -0.3 is 10.2 Å². The van der Waals surface area contributed by atoms with Gasteiger partial charge >= 0.3 is 0 Å². The van der Waals surface area contributed by atoms with E-state index in [2.05, 4.69) is 51.8 Å². The molecule has 0 atom stereocenters. The van der Waals surface area contributed by atoms with Crippen LogP contribution in [0.1, 0.15) is 67.2 Å². The fourth-order valence-corrected chi connectivity index (χ4v) is 3.56. The third kappa shape index (κ3) is 5.73. The fourth-order valence-electron chi connectivity index (χ4n) is 3.56. The van der Waals surface area contributed by atoms with Crippen molar-refractivity contribution < 1.29 is 0 Å². The van der Waals surface area contributed by atoms with Crippen molar-refractivity contribution in [2.75, 3.05) is 32.7 Å². The zero-order valence-electron chi connectivity index (χ0n) is 14.9. The number of hydrogen-bond acceptors (Lipinski definition) is 2. The number of likely N-dealkylation sites (tertiary alicyclic amines) is 1. The van der Waals surface area contributed by atoms with E-state index in [1.165, 1.54) is 51.9 Å². The molecule has 1 heterocycles. The Labute approximate surface area is 127 Å². The molecule has 1 saturated heterocycles. The van der Waals surface area contributed by atoms with Crippen LogP contribution in [-0.4, -0.2) is 37.6 Å². The molecule has 1 fully saturated rings. The van der Waals surface area contributed by atoms with Crippen molar-refractivity contribution >= 4 is 0 Å². The summed E-state index contributed by atoms with van der Waals surface area (Å²) in [6.45, 7) is 20.3. The van der Waals surface area contributed by atoms with E-state index in [1.54, 1.807) is 0 Å². The minimum absolute atomic E-state index is 0.461. The minimum Gasteiger partial charge on any atom is -0.316 e. The maximum Gasteiger partial charge on any atom is 0.00502 e. The lowest BCUT2D eigenvalue weighted by atomic mass is 9.79. The summed E-state index contributed by atoms with van der Waals surface area (Å²) in [6, 6.07) is 0. The summed E-state index contributed by atoms with van der Waals surface area (Å²) in [4.78, 5) is 2.73. The van der Waals surface area contributed by atoms with Gasteiger partial charge in [-0.2, -0.15) is 0 Å². The molecule has 120 valence electrons. The Morgan fingerprint density at radius 2 is 1.85 bits per heavy atom. The molecule has 0 unspecified atom stereocenters. The Morgan fingerprint density at radius 3 is 2.35 bits per heavy atom. The van der Waals surface area contributed by atoms with E-state index in [-0.39, 0.29) is 0 Å². The lowest BCUT2D eigenvalue weighted by molar-refractivity contribution is 0.0632. The molecule has 0 radical (unpaired) electrons. The van der Waals surface area contributed by atoms with Gasteiger partial charge in [-0.3, -0.25) is 0 Å². The van der Waals surface area contributed by atoms with E-state index in [0.29, 0.717) is 10.8 Å². The summed E-state index contributed by atoms with van der Waals surface area (Å²) in [7, 11) is 0. The van der Waals surface area contributed by atoms with Crippen LogP contribution in [0.25, 0.3) is 0 Å². The summed E-state index contributed by atoms with van der Waals surface area (Å²) < 4.78 is 0. The predicted octanol–water partition coefficient (Wildman–Crippen LogP) is 4.16. The van der Waals surface area contributed by atoms with Crippen molar-refractivity contribution in [1.29, 1.82) is 0 Å². The summed E-state index contributed by atoms with van der Waals surface area (Å²) in [5.74, 6) is 0.746. The van der Waals surface area contributed by atoms with Crippen molar-refractivity contribution in [3.8, 4) is 0 Å². The quantitative estimate of drug-likeness (QED) is 0.719. The van der Waals surface area contributed by atoms with Gasteiger partial charge in [-0.25, -0.2) is 0 Å². The normalized spacial score (nSPS) is 20.6. The van der Waals surface area contributed by atoms with Crippen LogP contribution in [0, 0.1) is 16.7 Å². The maximum absolute atomic E-state index is 3.71. The first kappa shape index (κ1) is 18.0. The lowest BCUT2D eigenvalue weighted by Gasteiger charge is -2.44. The average molecular weight is 283 g/mol. The number of nitrogens with zero attached hydrogens (tertiary/aromatic N) is 1. The molecule has 1 aliphatic heterocycles. The van der Waals surface area contributed by atoms with Crippen molar-refractivity contribution in [3.05, 3.63) is 0 Å². The summed E-state index contributed by atoms with van der Waals surface area (Å²) >= 11 is 0. The lowest BCUT2D eigenvalue weighted by Crippen LogP contribution is -2.49. The molecule has 20 heavy (non-hydrogen) atoms. The van der Waals surface area contributed by atoms with Crippen LogP contribution in [-0.2, 0) is 0 Å². The molecule has 0 amide bonds. The van der Waals surface area contributed by atoms with Gasteiger partial charge in [0.15, 0.2) is 0 Å². The molecule has 0 aromatic heterocycles. The molecule has 0 saturated carbocycles. The predicted molar refractivity (Wildman–Crippen MR) is 90.2 cm³/mol. The van der Waals surface area contributed by atoms with Crippen molar-refractivity contribution in [2.45, 2.75) is 67.2 Å². The Kier molecular flexibility index (Phi) is 7.00. The Balaban J connectivity index is 2.56. The first-order valence-electron chi connectivity index (χ1n) is 8.75. The van der Waals surface area contributed by atoms with Gasteiger partial charge in [0.25, 0.3) is 0 Å². The van der Waals surface area contributed by atoms with Gasteiger partial charge in [0, 0.05) is 19.6 Å². The standard InChI is InChI=1S/C18H38N2/c1-7-18(8-2,13-19-12-16(3)4)15-20-11-9-10-17(5,6)14-20/h16,19H,7-15H2,1-6H3. The van der Waals surface area contributed by atoms with E-state index < -0.39 is 0 Å². The van der Waals surface area contributed by atoms with Gasteiger partial charge in [-0.05, 0) is 55.5 Å². The Hall–Kier alpha value is -0.0800.